The Labute approximate surface area is 231 Å². The number of esters is 1. The lowest BCUT2D eigenvalue weighted by Gasteiger charge is -2.36. The third kappa shape index (κ3) is 8.87. The summed E-state index contributed by atoms with van der Waals surface area (Å²) in [4.78, 5) is 11.1. The first-order valence-corrected chi connectivity index (χ1v) is 14.9. The first kappa shape index (κ1) is 29.7. The van der Waals surface area contributed by atoms with Crippen molar-refractivity contribution in [1.82, 2.24) is 0 Å². The second-order valence-corrected chi connectivity index (χ2v) is 11.4. The summed E-state index contributed by atoms with van der Waals surface area (Å²) < 4.78 is 5.03. The van der Waals surface area contributed by atoms with Crippen molar-refractivity contribution in [2.45, 2.75) is 109 Å². The Balaban J connectivity index is 1.46. The molecule has 2 aromatic carbocycles. The van der Waals surface area contributed by atoms with E-state index < -0.39 is 0 Å². The molecule has 1 fully saturated rings. The molecule has 0 saturated heterocycles. The van der Waals surface area contributed by atoms with E-state index in [-0.39, 0.29) is 11.4 Å². The standard InChI is InChI=1S/C35H47NO2/c1-4-13-28(3)29-15-17-30(18-16-29)31-19-21-32(22-20-31)33-14-12-24-35(26-33,27-36)23-10-8-6-7-9-11-25-38-34(37)5-2/h5,15-22,28,33H,2,4,6-14,23-26H2,1,3H3. The third-order valence-corrected chi connectivity index (χ3v) is 8.46. The highest BCUT2D eigenvalue weighted by Gasteiger charge is 2.36. The van der Waals surface area contributed by atoms with E-state index in [2.05, 4.69) is 75.0 Å². The summed E-state index contributed by atoms with van der Waals surface area (Å²) in [5.74, 6) is 0.757. The number of nitriles is 1. The van der Waals surface area contributed by atoms with Crippen molar-refractivity contribution in [3.8, 4) is 17.2 Å². The van der Waals surface area contributed by atoms with Crippen LogP contribution in [-0.4, -0.2) is 12.6 Å². The molecule has 1 saturated carbocycles. The van der Waals surface area contributed by atoms with E-state index in [9.17, 15) is 10.1 Å². The van der Waals surface area contributed by atoms with Crippen LogP contribution >= 0.6 is 0 Å². The van der Waals surface area contributed by atoms with Crippen molar-refractivity contribution in [3.05, 3.63) is 72.3 Å². The topological polar surface area (TPSA) is 50.1 Å². The number of benzene rings is 2. The van der Waals surface area contributed by atoms with Gasteiger partial charge in [0.15, 0.2) is 0 Å². The highest BCUT2D eigenvalue weighted by molar-refractivity contribution is 5.81. The fourth-order valence-electron chi connectivity index (χ4n) is 6.09. The van der Waals surface area contributed by atoms with Gasteiger partial charge in [-0.1, -0.05) is 114 Å². The Hall–Kier alpha value is -2.86. The molecule has 0 aliphatic heterocycles. The van der Waals surface area contributed by atoms with Gasteiger partial charge in [-0.3, -0.25) is 0 Å². The Kier molecular flexibility index (Phi) is 12.1. The lowest BCUT2D eigenvalue weighted by Crippen LogP contribution is -2.26. The predicted octanol–water partition coefficient (Wildman–Crippen LogP) is 9.88. The summed E-state index contributed by atoms with van der Waals surface area (Å²) in [6.07, 6.45) is 15.6. The molecule has 0 amide bonds. The largest absolute Gasteiger partial charge is 0.463 e. The molecule has 3 atom stereocenters. The van der Waals surface area contributed by atoms with Gasteiger partial charge in [-0.15, -0.1) is 0 Å². The molecule has 3 nitrogen and oxygen atoms in total. The van der Waals surface area contributed by atoms with Crippen LogP contribution < -0.4 is 0 Å². The second kappa shape index (κ2) is 15.5. The Bertz CT molecular complexity index is 1030. The Morgan fingerprint density at radius 2 is 1.68 bits per heavy atom. The summed E-state index contributed by atoms with van der Waals surface area (Å²) in [6.45, 7) is 8.45. The van der Waals surface area contributed by atoms with E-state index in [1.165, 1.54) is 60.4 Å². The maximum atomic E-state index is 11.1. The quantitative estimate of drug-likeness (QED) is 0.135. The minimum absolute atomic E-state index is 0.175. The number of hydrogen-bond acceptors (Lipinski definition) is 3. The number of carbonyl (C=O) groups is 1. The molecule has 1 aliphatic rings. The molecule has 0 aromatic heterocycles. The molecule has 38 heavy (non-hydrogen) atoms. The highest BCUT2D eigenvalue weighted by atomic mass is 16.5. The molecule has 1 aliphatic carbocycles. The Morgan fingerprint density at radius 1 is 1.05 bits per heavy atom. The minimum atomic E-state index is -0.337. The highest BCUT2D eigenvalue weighted by Crippen LogP contribution is 2.47. The summed E-state index contributed by atoms with van der Waals surface area (Å²) in [5.41, 5.74) is 5.18. The van der Waals surface area contributed by atoms with Crippen molar-refractivity contribution in [1.29, 1.82) is 5.26 Å². The second-order valence-electron chi connectivity index (χ2n) is 11.4. The maximum absolute atomic E-state index is 11.1. The van der Waals surface area contributed by atoms with E-state index in [0.29, 0.717) is 18.4 Å². The normalized spacial score (nSPS) is 19.9. The molecule has 0 N–H and O–H groups in total. The van der Waals surface area contributed by atoms with Gasteiger partial charge in [0, 0.05) is 6.08 Å². The van der Waals surface area contributed by atoms with E-state index in [0.717, 1.165) is 51.4 Å². The van der Waals surface area contributed by atoms with Crippen molar-refractivity contribution in [3.63, 3.8) is 0 Å². The maximum Gasteiger partial charge on any atom is 0.330 e. The Morgan fingerprint density at radius 3 is 2.32 bits per heavy atom. The molecule has 2 aromatic rings. The van der Waals surface area contributed by atoms with Gasteiger partial charge in [-0.2, -0.15) is 5.26 Å². The number of ether oxygens (including phenoxy) is 1. The average molecular weight is 514 g/mol. The van der Waals surface area contributed by atoms with Gasteiger partial charge in [0.1, 0.15) is 0 Å². The van der Waals surface area contributed by atoms with Crippen LogP contribution in [0.15, 0.2) is 61.2 Å². The summed E-state index contributed by atoms with van der Waals surface area (Å²) in [6, 6.07) is 21.0. The zero-order valence-corrected chi connectivity index (χ0v) is 23.7. The van der Waals surface area contributed by atoms with Crippen LogP contribution in [0, 0.1) is 16.7 Å². The van der Waals surface area contributed by atoms with Crippen molar-refractivity contribution < 1.29 is 9.53 Å². The molecule has 204 valence electrons. The number of nitrogens with zero attached hydrogens (tertiary/aromatic N) is 1. The molecular formula is C35H47NO2. The number of unbranched alkanes of at least 4 members (excludes halogenated alkanes) is 5. The molecule has 3 heteroatoms. The summed E-state index contributed by atoms with van der Waals surface area (Å²) in [5, 5.41) is 10.2. The van der Waals surface area contributed by atoms with Gasteiger partial charge in [-0.25, -0.2) is 4.79 Å². The van der Waals surface area contributed by atoms with Crippen molar-refractivity contribution in [2.75, 3.05) is 6.61 Å². The molecule has 0 radical (unpaired) electrons. The zero-order valence-electron chi connectivity index (χ0n) is 23.7. The summed E-state index contributed by atoms with van der Waals surface area (Å²) >= 11 is 0. The lowest BCUT2D eigenvalue weighted by molar-refractivity contribution is -0.137. The zero-order chi connectivity index (χ0) is 27.2. The first-order valence-electron chi connectivity index (χ1n) is 14.9. The lowest BCUT2D eigenvalue weighted by atomic mass is 9.66. The van der Waals surface area contributed by atoms with Crippen LogP contribution in [0.4, 0.5) is 0 Å². The van der Waals surface area contributed by atoms with Gasteiger partial charge in [0.25, 0.3) is 0 Å². The average Bonchev–Trinajstić information content (AvgIpc) is 2.96. The van der Waals surface area contributed by atoms with Gasteiger partial charge in [0.2, 0.25) is 0 Å². The molecule has 0 spiro atoms. The van der Waals surface area contributed by atoms with Crippen LogP contribution in [0.3, 0.4) is 0 Å². The molecular weight excluding hydrogens is 466 g/mol. The first-order chi connectivity index (χ1) is 18.5. The number of carbonyl (C=O) groups excluding carboxylic acids is 1. The third-order valence-electron chi connectivity index (χ3n) is 8.46. The van der Waals surface area contributed by atoms with Crippen LogP contribution in [0.25, 0.3) is 11.1 Å². The van der Waals surface area contributed by atoms with Crippen molar-refractivity contribution >= 4 is 5.97 Å². The number of rotatable bonds is 15. The molecule has 3 rings (SSSR count). The number of hydrogen-bond donors (Lipinski definition) is 0. The van der Waals surface area contributed by atoms with Gasteiger partial charge < -0.3 is 4.74 Å². The van der Waals surface area contributed by atoms with Crippen molar-refractivity contribution in [2.24, 2.45) is 5.41 Å². The molecule has 0 bridgehead atoms. The monoisotopic (exact) mass is 513 g/mol. The van der Waals surface area contributed by atoms with Gasteiger partial charge in [0.05, 0.1) is 18.1 Å². The van der Waals surface area contributed by atoms with Gasteiger partial charge in [-0.05, 0) is 72.6 Å². The molecule has 3 unspecified atom stereocenters. The summed E-state index contributed by atoms with van der Waals surface area (Å²) in [7, 11) is 0. The minimum Gasteiger partial charge on any atom is -0.463 e. The van der Waals surface area contributed by atoms with Crippen LogP contribution in [-0.2, 0) is 9.53 Å². The fraction of sp³-hybridized carbons (Fsp3) is 0.543. The van der Waals surface area contributed by atoms with E-state index in [1.807, 2.05) is 0 Å². The smallest absolute Gasteiger partial charge is 0.330 e. The van der Waals surface area contributed by atoms with E-state index in [1.54, 1.807) is 0 Å². The van der Waals surface area contributed by atoms with Crippen LogP contribution in [0.2, 0.25) is 0 Å². The van der Waals surface area contributed by atoms with E-state index >= 15 is 0 Å². The fourth-order valence-corrected chi connectivity index (χ4v) is 6.09. The molecule has 0 heterocycles. The van der Waals surface area contributed by atoms with Gasteiger partial charge >= 0.3 is 5.97 Å². The van der Waals surface area contributed by atoms with Crippen LogP contribution in [0.5, 0.6) is 0 Å². The van der Waals surface area contributed by atoms with Crippen LogP contribution in [0.1, 0.15) is 120 Å². The predicted molar refractivity (Wildman–Crippen MR) is 158 cm³/mol. The SMILES string of the molecule is C=CC(=O)OCCCCCCCCC1(C#N)CCCC(c2ccc(-c3ccc(C(C)CCC)cc3)cc2)C1. The van der Waals surface area contributed by atoms with E-state index in [4.69, 9.17) is 4.74 Å².